The molecular weight excluding hydrogens is 158 g/mol. The largest absolute Gasteiger partial charge is 0.316 e. The molecule has 1 fully saturated rings. The summed E-state index contributed by atoms with van der Waals surface area (Å²) in [6.45, 7) is 6.93. The maximum atomic E-state index is 3.46. The van der Waals surface area contributed by atoms with E-state index in [9.17, 15) is 0 Å². The molecule has 0 bridgehead atoms. The molecule has 13 heavy (non-hydrogen) atoms. The third-order valence-electron chi connectivity index (χ3n) is 3.07. The summed E-state index contributed by atoms with van der Waals surface area (Å²) in [5.74, 6) is 0.675. The molecular formula is C12H17N. The Labute approximate surface area is 80.2 Å². The van der Waals surface area contributed by atoms with E-state index in [1.165, 1.54) is 5.56 Å². The Hall–Kier alpha value is -0.820. The molecule has 0 aromatic heterocycles. The molecule has 0 radical (unpaired) electrons. The summed E-state index contributed by atoms with van der Waals surface area (Å²) in [4.78, 5) is 0. The van der Waals surface area contributed by atoms with Gasteiger partial charge in [-0.15, -0.1) is 0 Å². The Balaban J connectivity index is 2.27. The summed E-state index contributed by atoms with van der Waals surface area (Å²) in [7, 11) is 0. The van der Waals surface area contributed by atoms with Gasteiger partial charge in [0.1, 0.15) is 0 Å². The van der Waals surface area contributed by atoms with E-state index in [-0.39, 0.29) is 0 Å². The van der Waals surface area contributed by atoms with Crippen molar-refractivity contribution >= 4 is 0 Å². The highest BCUT2D eigenvalue weighted by molar-refractivity contribution is 5.23. The van der Waals surface area contributed by atoms with Gasteiger partial charge in [-0.3, -0.25) is 0 Å². The molecule has 0 unspecified atom stereocenters. The molecule has 1 aromatic rings. The van der Waals surface area contributed by atoms with Crippen LogP contribution in [0.1, 0.15) is 25.3 Å². The Morgan fingerprint density at radius 3 is 2.46 bits per heavy atom. The standard InChI is InChI=1S/C12H17N/c1-12(2)9-13-8-11(12)10-6-4-3-5-7-10/h3-7,11,13H,8-9H2,1-2H3/t11-/m0/s1. The summed E-state index contributed by atoms with van der Waals surface area (Å²) in [6, 6.07) is 10.8. The van der Waals surface area contributed by atoms with Crippen LogP contribution in [-0.4, -0.2) is 13.1 Å². The van der Waals surface area contributed by atoms with Gasteiger partial charge >= 0.3 is 0 Å². The molecule has 0 spiro atoms. The molecule has 1 N–H and O–H groups in total. The number of hydrogen-bond donors (Lipinski definition) is 1. The van der Waals surface area contributed by atoms with Crippen LogP contribution in [0.5, 0.6) is 0 Å². The van der Waals surface area contributed by atoms with Crippen LogP contribution in [0.25, 0.3) is 0 Å². The van der Waals surface area contributed by atoms with E-state index in [0.29, 0.717) is 11.3 Å². The molecule has 1 aliphatic rings. The first-order valence-electron chi connectivity index (χ1n) is 4.96. The summed E-state index contributed by atoms with van der Waals surface area (Å²) in [5.41, 5.74) is 1.87. The molecule has 1 saturated heterocycles. The maximum absolute atomic E-state index is 3.46. The molecule has 1 aromatic carbocycles. The van der Waals surface area contributed by atoms with Crippen LogP contribution in [0.3, 0.4) is 0 Å². The van der Waals surface area contributed by atoms with Crippen molar-refractivity contribution in [3.63, 3.8) is 0 Å². The number of rotatable bonds is 1. The minimum atomic E-state index is 0.404. The molecule has 1 atom stereocenters. The van der Waals surface area contributed by atoms with Crippen LogP contribution >= 0.6 is 0 Å². The Kier molecular flexibility index (Phi) is 2.12. The maximum Gasteiger partial charge on any atom is 0.00267 e. The lowest BCUT2D eigenvalue weighted by Crippen LogP contribution is -2.20. The van der Waals surface area contributed by atoms with Crippen LogP contribution in [0.4, 0.5) is 0 Å². The zero-order valence-corrected chi connectivity index (χ0v) is 8.38. The van der Waals surface area contributed by atoms with Gasteiger partial charge in [0.2, 0.25) is 0 Å². The van der Waals surface area contributed by atoms with E-state index in [1.807, 2.05) is 0 Å². The van der Waals surface area contributed by atoms with Crippen molar-refractivity contribution in [2.45, 2.75) is 19.8 Å². The third-order valence-corrected chi connectivity index (χ3v) is 3.07. The fourth-order valence-electron chi connectivity index (χ4n) is 2.19. The summed E-state index contributed by atoms with van der Waals surface area (Å²) in [5, 5.41) is 3.46. The van der Waals surface area contributed by atoms with Crippen molar-refractivity contribution in [3.05, 3.63) is 35.9 Å². The monoisotopic (exact) mass is 175 g/mol. The van der Waals surface area contributed by atoms with Gasteiger partial charge in [0.25, 0.3) is 0 Å². The molecule has 1 aliphatic heterocycles. The van der Waals surface area contributed by atoms with Crippen molar-refractivity contribution in [3.8, 4) is 0 Å². The summed E-state index contributed by atoms with van der Waals surface area (Å²) >= 11 is 0. The van der Waals surface area contributed by atoms with Crippen LogP contribution in [0, 0.1) is 5.41 Å². The highest BCUT2D eigenvalue weighted by atomic mass is 14.9. The van der Waals surface area contributed by atoms with E-state index in [1.54, 1.807) is 0 Å². The molecule has 2 rings (SSSR count). The van der Waals surface area contributed by atoms with Gasteiger partial charge in [0, 0.05) is 19.0 Å². The van der Waals surface area contributed by atoms with Gasteiger partial charge in [-0.05, 0) is 11.0 Å². The average molecular weight is 175 g/mol. The molecule has 0 aliphatic carbocycles. The Bertz CT molecular complexity index is 276. The zero-order chi connectivity index (χ0) is 9.31. The van der Waals surface area contributed by atoms with Crippen molar-refractivity contribution < 1.29 is 0 Å². The van der Waals surface area contributed by atoms with Gasteiger partial charge in [0.05, 0.1) is 0 Å². The van der Waals surface area contributed by atoms with Crippen LogP contribution < -0.4 is 5.32 Å². The van der Waals surface area contributed by atoms with E-state index < -0.39 is 0 Å². The number of nitrogens with one attached hydrogen (secondary N) is 1. The molecule has 1 heteroatoms. The minimum Gasteiger partial charge on any atom is -0.316 e. The van der Waals surface area contributed by atoms with Crippen LogP contribution in [0.2, 0.25) is 0 Å². The highest BCUT2D eigenvalue weighted by Gasteiger charge is 2.34. The second kappa shape index (κ2) is 3.15. The topological polar surface area (TPSA) is 12.0 Å². The van der Waals surface area contributed by atoms with Crippen LogP contribution in [-0.2, 0) is 0 Å². The van der Waals surface area contributed by atoms with E-state index in [0.717, 1.165) is 13.1 Å². The van der Waals surface area contributed by atoms with E-state index in [2.05, 4.69) is 49.5 Å². The zero-order valence-electron chi connectivity index (χ0n) is 8.38. The third kappa shape index (κ3) is 1.61. The predicted molar refractivity (Wildman–Crippen MR) is 55.8 cm³/mol. The molecule has 1 nitrogen and oxygen atoms in total. The van der Waals surface area contributed by atoms with Crippen molar-refractivity contribution in [1.29, 1.82) is 0 Å². The second-order valence-electron chi connectivity index (χ2n) is 4.58. The Morgan fingerprint density at radius 1 is 1.23 bits per heavy atom. The van der Waals surface area contributed by atoms with Gasteiger partial charge in [0.15, 0.2) is 0 Å². The van der Waals surface area contributed by atoms with Gasteiger partial charge in [-0.1, -0.05) is 44.2 Å². The smallest absolute Gasteiger partial charge is 0.00267 e. The second-order valence-corrected chi connectivity index (χ2v) is 4.58. The normalized spacial score (nSPS) is 26.2. The fourth-order valence-corrected chi connectivity index (χ4v) is 2.19. The van der Waals surface area contributed by atoms with Gasteiger partial charge < -0.3 is 5.32 Å². The SMILES string of the molecule is CC1(C)CNC[C@H]1c1ccccc1. The first-order valence-corrected chi connectivity index (χ1v) is 4.96. The van der Waals surface area contributed by atoms with Gasteiger partial charge in [-0.2, -0.15) is 0 Å². The van der Waals surface area contributed by atoms with Crippen molar-refractivity contribution in [1.82, 2.24) is 5.32 Å². The highest BCUT2D eigenvalue weighted by Crippen LogP contribution is 2.37. The first-order chi connectivity index (χ1) is 6.20. The summed E-state index contributed by atoms with van der Waals surface area (Å²) in [6.07, 6.45) is 0. The number of benzene rings is 1. The lowest BCUT2D eigenvalue weighted by molar-refractivity contribution is 0.363. The Morgan fingerprint density at radius 2 is 1.92 bits per heavy atom. The van der Waals surface area contributed by atoms with E-state index >= 15 is 0 Å². The first kappa shape index (κ1) is 8.76. The summed E-state index contributed by atoms with van der Waals surface area (Å²) < 4.78 is 0. The lowest BCUT2D eigenvalue weighted by Gasteiger charge is -2.25. The minimum absolute atomic E-state index is 0.404. The lowest BCUT2D eigenvalue weighted by atomic mass is 9.78. The molecule has 1 heterocycles. The van der Waals surface area contributed by atoms with E-state index in [4.69, 9.17) is 0 Å². The van der Waals surface area contributed by atoms with Crippen LogP contribution in [0.15, 0.2) is 30.3 Å². The predicted octanol–water partition coefficient (Wildman–Crippen LogP) is 2.40. The van der Waals surface area contributed by atoms with Gasteiger partial charge in [-0.25, -0.2) is 0 Å². The average Bonchev–Trinajstić information content (AvgIpc) is 2.47. The quantitative estimate of drug-likeness (QED) is 0.691. The van der Waals surface area contributed by atoms with Crippen molar-refractivity contribution in [2.24, 2.45) is 5.41 Å². The molecule has 0 saturated carbocycles. The number of hydrogen-bond acceptors (Lipinski definition) is 1. The molecule has 70 valence electrons. The van der Waals surface area contributed by atoms with Crippen molar-refractivity contribution in [2.75, 3.05) is 13.1 Å². The molecule has 0 amide bonds. The fraction of sp³-hybridized carbons (Fsp3) is 0.500.